The first-order valence-electron chi connectivity index (χ1n) is 12.9. The van der Waals surface area contributed by atoms with Crippen molar-refractivity contribution in [1.29, 1.82) is 0 Å². The Morgan fingerprint density at radius 3 is 2.24 bits per heavy atom. The van der Waals surface area contributed by atoms with Crippen LogP contribution in [0.5, 0.6) is 0 Å². The summed E-state index contributed by atoms with van der Waals surface area (Å²) >= 11 is 0. The summed E-state index contributed by atoms with van der Waals surface area (Å²) in [5, 5.41) is 6.28. The fraction of sp³-hybridized carbons (Fsp3) is 0.464. The van der Waals surface area contributed by atoms with Crippen molar-refractivity contribution in [2.24, 2.45) is 5.92 Å². The number of anilines is 1. The van der Waals surface area contributed by atoms with Crippen LogP contribution >= 0.6 is 0 Å². The molecular weight excluding hydrogens is 424 g/mol. The van der Waals surface area contributed by atoms with Crippen LogP contribution in [0, 0.1) is 5.92 Å². The number of hydrogen-bond acceptors (Lipinski definition) is 3. The molecule has 2 aliphatic carbocycles. The Morgan fingerprint density at radius 2 is 1.50 bits per heavy atom. The summed E-state index contributed by atoms with van der Waals surface area (Å²) in [5.41, 5.74) is 4.12. The zero-order valence-corrected chi connectivity index (χ0v) is 19.7. The van der Waals surface area contributed by atoms with Gasteiger partial charge in [-0.25, -0.2) is 4.98 Å². The van der Waals surface area contributed by atoms with Gasteiger partial charge in [-0.1, -0.05) is 57.1 Å². The number of carbonyl (C=O) groups excluding carboxylic acids is 2. The number of amides is 2. The highest BCUT2D eigenvalue weighted by Gasteiger charge is 2.21. The van der Waals surface area contributed by atoms with E-state index in [0.29, 0.717) is 5.56 Å². The van der Waals surface area contributed by atoms with Gasteiger partial charge in [-0.3, -0.25) is 9.59 Å². The number of rotatable bonds is 5. The number of fused-ring (bicyclic) bond motifs is 1. The first-order chi connectivity index (χ1) is 16.7. The molecule has 3 N–H and O–H groups in total. The molecule has 2 saturated carbocycles. The molecule has 2 aliphatic rings. The van der Waals surface area contributed by atoms with E-state index in [-0.39, 0.29) is 23.8 Å². The maximum Gasteiger partial charge on any atom is 0.251 e. The van der Waals surface area contributed by atoms with Crippen LogP contribution in [-0.4, -0.2) is 27.8 Å². The second kappa shape index (κ2) is 10.4. The lowest BCUT2D eigenvalue weighted by Crippen LogP contribution is -2.34. The Hall–Kier alpha value is -3.15. The van der Waals surface area contributed by atoms with Gasteiger partial charge in [0, 0.05) is 28.8 Å². The molecule has 6 heteroatoms. The highest BCUT2D eigenvalue weighted by atomic mass is 16.2. The van der Waals surface area contributed by atoms with Crippen LogP contribution < -0.4 is 10.6 Å². The molecule has 0 aliphatic heterocycles. The fourth-order valence-corrected chi connectivity index (χ4v) is 5.30. The average molecular weight is 459 g/mol. The number of nitrogens with zero attached hydrogens (tertiary/aromatic N) is 1. The van der Waals surface area contributed by atoms with Crippen LogP contribution in [0.2, 0.25) is 0 Å². The van der Waals surface area contributed by atoms with Crippen molar-refractivity contribution in [2.75, 3.05) is 5.32 Å². The molecule has 0 radical (unpaired) electrons. The summed E-state index contributed by atoms with van der Waals surface area (Å²) in [4.78, 5) is 33.4. The Bertz CT molecular complexity index is 1140. The van der Waals surface area contributed by atoms with E-state index in [1.54, 1.807) is 0 Å². The zero-order chi connectivity index (χ0) is 23.3. The number of carbonyl (C=O) groups is 2. The molecule has 2 aromatic carbocycles. The molecule has 6 nitrogen and oxygen atoms in total. The van der Waals surface area contributed by atoms with Crippen molar-refractivity contribution in [1.82, 2.24) is 15.3 Å². The van der Waals surface area contributed by atoms with Gasteiger partial charge >= 0.3 is 0 Å². The molecule has 34 heavy (non-hydrogen) atoms. The van der Waals surface area contributed by atoms with Gasteiger partial charge in [0.2, 0.25) is 5.91 Å². The average Bonchev–Trinajstić information content (AvgIpc) is 3.13. The third-order valence-electron chi connectivity index (χ3n) is 7.34. The predicted octanol–water partition coefficient (Wildman–Crippen LogP) is 6.20. The first kappa shape index (κ1) is 22.6. The van der Waals surface area contributed by atoms with E-state index >= 15 is 0 Å². The third kappa shape index (κ3) is 5.32. The van der Waals surface area contributed by atoms with Gasteiger partial charge in [-0.05, 0) is 56.0 Å². The van der Waals surface area contributed by atoms with Crippen molar-refractivity contribution in [3.8, 4) is 11.4 Å². The fourth-order valence-electron chi connectivity index (χ4n) is 5.30. The second-order valence-corrected chi connectivity index (χ2v) is 9.88. The second-order valence-electron chi connectivity index (χ2n) is 9.88. The minimum Gasteiger partial charge on any atom is -0.349 e. The summed E-state index contributed by atoms with van der Waals surface area (Å²) in [6.45, 7) is 0. The lowest BCUT2D eigenvalue weighted by molar-refractivity contribution is -0.120. The largest absolute Gasteiger partial charge is 0.349 e. The van der Waals surface area contributed by atoms with Crippen LogP contribution in [0.4, 0.5) is 5.69 Å². The molecule has 0 saturated heterocycles. The van der Waals surface area contributed by atoms with Gasteiger partial charge in [0.1, 0.15) is 5.82 Å². The molecule has 1 aromatic heterocycles. The van der Waals surface area contributed by atoms with E-state index in [9.17, 15) is 9.59 Å². The normalized spacial score (nSPS) is 17.9. The van der Waals surface area contributed by atoms with Gasteiger partial charge in [0.25, 0.3) is 5.91 Å². The van der Waals surface area contributed by atoms with Crippen LogP contribution in [0.25, 0.3) is 22.4 Å². The first-order valence-corrected chi connectivity index (χ1v) is 12.9. The van der Waals surface area contributed by atoms with Crippen LogP contribution in [0.3, 0.4) is 0 Å². The Balaban J connectivity index is 1.25. The van der Waals surface area contributed by atoms with E-state index in [1.807, 2.05) is 42.5 Å². The summed E-state index contributed by atoms with van der Waals surface area (Å²) in [6, 6.07) is 13.7. The molecule has 0 unspecified atom stereocenters. The number of aromatic nitrogens is 2. The number of imidazole rings is 1. The van der Waals surface area contributed by atoms with Crippen molar-refractivity contribution >= 4 is 28.5 Å². The lowest BCUT2D eigenvalue weighted by Gasteiger charge is -2.20. The van der Waals surface area contributed by atoms with Gasteiger partial charge in [0.15, 0.2) is 0 Å². The summed E-state index contributed by atoms with van der Waals surface area (Å²) < 4.78 is 0. The van der Waals surface area contributed by atoms with Gasteiger partial charge in [-0.15, -0.1) is 0 Å². The maximum atomic E-state index is 12.7. The Labute approximate surface area is 200 Å². The van der Waals surface area contributed by atoms with E-state index in [2.05, 4.69) is 15.6 Å². The van der Waals surface area contributed by atoms with E-state index in [4.69, 9.17) is 4.98 Å². The summed E-state index contributed by atoms with van der Waals surface area (Å²) in [5.74, 6) is 0.993. The topological polar surface area (TPSA) is 86.9 Å². The molecular formula is C28H34N4O2. The molecule has 0 bridgehead atoms. The van der Waals surface area contributed by atoms with Crippen LogP contribution in [0.1, 0.15) is 81.0 Å². The highest BCUT2D eigenvalue weighted by Crippen LogP contribution is 2.27. The molecule has 2 amide bonds. The third-order valence-corrected chi connectivity index (χ3v) is 7.34. The maximum absolute atomic E-state index is 12.7. The van der Waals surface area contributed by atoms with E-state index < -0.39 is 0 Å². The lowest BCUT2D eigenvalue weighted by atomic mass is 9.88. The van der Waals surface area contributed by atoms with Crippen molar-refractivity contribution in [2.45, 2.75) is 76.7 Å². The van der Waals surface area contributed by atoms with Crippen molar-refractivity contribution in [3.05, 3.63) is 48.0 Å². The van der Waals surface area contributed by atoms with Crippen LogP contribution in [-0.2, 0) is 4.79 Å². The van der Waals surface area contributed by atoms with E-state index in [0.717, 1.165) is 66.6 Å². The Kier molecular flexibility index (Phi) is 6.93. The number of benzene rings is 2. The zero-order valence-electron chi connectivity index (χ0n) is 19.7. The smallest absolute Gasteiger partial charge is 0.251 e. The van der Waals surface area contributed by atoms with Gasteiger partial charge < -0.3 is 15.6 Å². The molecule has 5 rings (SSSR count). The number of H-pyrrole nitrogens is 1. The SMILES string of the molecule is O=C(NC1CCCCCC1)c1ccc(-c2nc3cc(NC(=O)C4CCCCC4)ccc3[nH]2)cc1. The number of aromatic amines is 1. The molecule has 178 valence electrons. The molecule has 2 fully saturated rings. The molecule has 0 spiro atoms. The predicted molar refractivity (Wildman–Crippen MR) is 136 cm³/mol. The monoisotopic (exact) mass is 458 g/mol. The highest BCUT2D eigenvalue weighted by molar-refractivity contribution is 5.96. The number of nitrogens with one attached hydrogen (secondary N) is 3. The van der Waals surface area contributed by atoms with Crippen LogP contribution in [0.15, 0.2) is 42.5 Å². The summed E-state index contributed by atoms with van der Waals surface area (Å²) in [7, 11) is 0. The summed E-state index contributed by atoms with van der Waals surface area (Å²) in [6.07, 6.45) is 12.6. The standard InChI is InChI=1S/C28H34N4O2/c33-27(20-8-4-3-5-9-20)30-23-16-17-24-25(18-23)32-26(31-24)19-12-14-21(15-13-19)28(34)29-22-10-6-1-2-7-11-22/h12-18,20,22H,1-11H2,(H,29,34)(H,30,33)(H,31,32). The van der Waals surface area contributed by atoms with E-state index in [1.165, 1.54) is 32.1 Å². The van der Waals surface area contributed by atoms with Crippen molar-refractivity contribution in [3.63, 3.8) is 0 Å². The molecule has 1 heterocycles. The molecule has 0 atom stereocenters. The molecule has 3 aromatic rings. The minimum atomic E-state index is 0.00130. The van der Waals surface area contributed by atoms with Gasteiger partial charge in [-0.2, -0.15) is 0 Å². The quantitative estimate of drug-likeness (QED) is 0.398. The number of hydrogen-bond donors (Lipinski definition) is 3. The minimum absolute atomic E-state index is 0.00130. The Morgan fingerprint density at radius 1 is 0.824 bits per heavy atom. The van der Waals surface area contributed by atoms with Crippen molar-refractivity contribution < 1.29 is 9.59 Å². The van der Waals surface area contributed by atoms with Gasteiger partial charge in [0.05, 0.1) is 11.0 Å².